The smallest absolute Gasteiger partial charge is 0.233 e. The van der Waals surface area contributed by atoms with Crippen LogP contribution in [-0.2, 0) is 33.2 Å². The molecule has 2 aromatic carbocycles. The van der Waals surface area contributed by atoms with Crippen molar-refractivity contribution in [1.82, 2.24) is 14.2 Å². The number of thiazole rings is 1. The number of carbonyl (C=O) groups excluding carboxylic acids is 2. The molecule has 1 saturated carbocycles. The Labute approximate surface area is 237 Å². The lowest BCUT2D eigenvalue weighted by Gasteiger charge is -2.27. The minimum Gasteiger partial charge on any atom is -0.497 e. The van der Waals surface area contributed by atoms with E-state index in [4.69, 9.17) is 7.48 Å². The first-order valence-corrected chi connectivity index (χ1v) is 15.2. The first-order valence-electron chi connectivity index (χ1n) is 13.9. The van der Waals surface area contributed by atoms with Gasteiger partial charge in [-0.3, -0.25) is 9.59 Å². The third-order valence-corrected chi connectivity index (χ3v) is 9.72. The SMILES string of the molecule is [2H]C([2H])Oc1ccc(C2(C(=O)N(CCCc3ccccc3)Cc3nc(C(=O)CS(=O)(=O)N(C)C)c(C)s3)CC2)cc1. The van der Waals surface area contributed by atoms with Gasteiger partial charge in [0.1, 0.15) is 22.2 Å². The number of methoxy groups -OCH3 is 1. The van der Waals surface area contributed by atoms with E-state index in [0.29, 0.717) is 35.0 Å². The van der Waals surface area contributed by atoms with Gasteiger partial charge < -0.3 is 9.64 Å². The fraction of sp³-hybridized carbons (Fsp3) is 0.414. The predicted molar refractivity (Wildman–Crippen MR) is 153 cm³/mol. The zero-order valence-corrected chi connectivity index (χ0v) is 24.1. The molecule has 1 fully saturated rings. The highest BCUT2D eigenvalue weighted by molar-refractivity contribution is 7.89. The fourth-order valence-corrected chi connectivity index (χ4v) is 6.27. The number of rotatable bonds is 13. The molecule has 208 valence electrons. The van der Waals surface area contributed by atoms with Gasteiger partial charge in [0.15, 0.2) is 5.78 Å². The number of ether oxygens (including phenoxy) is 1. The fourth-order valence-electron chi connectivity index (χ4n) is 4.58. The number of hydrogen-bond acceptors (Lipinski definition) is 7. The molecule has 1 heterocycles. The van der Waals surface area contributed by atoms with Crippen LogP contribution in [-0.4, -0.2) is 67.8 Å². The van der Waals surface area contributed by atoms with Crippen LogP contribution in [0.5, 0.6) is 5.75 Å². The second kappa shape index (κ2) is 12.0. The number of hydrogen-bond donors (Lipinski definition) is 0. The molecule has 0 spiro atoms. The van der Waals surface area contributed by atoms with Crippen molar-refractivity contribution in [2.45, 2.75) is 44.6 Å². The number of ketones is 1. The number of sulfonamides is 1. The van der Waals surface area contributed by atoms with Gasteiger partial charge in [-0.15, -0.1) is 11.3 Å². The van der Waals surface area contributed by atoms with E-state index in [1.54, 1.807) is 24.0 Å². The van der Waals surface area contributed by atoms with Crippen molar-refractivity contribution in [1.29, 1.82) is 0 Å². The summed E-state index contributed by atoms with van der Waals surface area (Å²) < 4.78 is 45.3. The van der Waals surface area contributed by atoms with Gasteiger partial charge in [-0.2, -0.15) is 0 Å². The summed E-state index contributed by atoms with van der Waals surface area (Å²) in [7, 11) is -2.39. The molecule has 1 aliphatic carbocycles. The molecule has 3 aromatic rings. The van der Waals surface area contributed by atoms with Crippen LogP contribution in [0.4, 0.5) is 0 Å². The number of carbonyl (C=O) groups is 2. The Morgan fingerprint density at radius 2 is 1.79 bits per heavy atom. The van der Waals surface area contributed by atoms with E-state index in [-0.39, 0.29) is 18.1 Å². The molecule has 0 unspecified atom stereocenters. The lowest BCUT2D eigenvalue weighted by Crippen LogP contribution is -2.39. The minimum absolute atomic E-state index is 0.0194. The topological polar surface area (TPSA) is 96.9 Å². The molecule has 0 N–H and O–H groups in total. The molecule has 1 aromatic heterocycles. The second-order valence-corrected chi connectivity index (χ2v) is 13.5. The maximum Gasteiger partial charge on any atom is 0.233 e. The van der Waals surface area contributed by atoms with Crippen LogP contribution in [0.25, 0.3) is 0 Å². The van der Waals surface area contributed by atoms with E-state index >= 15 is 0 Å². The van der Waals surface area contributed by atoms with E-state index in [1.165, 1.54) is 31.0 Å². The Balaban J connectivity index is 1.55. The zero-order chi connectivity index (χ0) is 29.8. The first kappa shape index (κ1) is 26.2. The molecule has 0 saturated heterocycles. The Bertz CT molecular complexity index is 1470. The largest absolute Gasteiger partial charge is 0.497 e. The summed E-state index contributed by atoms with van der Waals surface area (Å²) in [6, 6.07) is 17.1. The van der Waals surface area contributed by atoms with Gasteiger partial charge in [-0.25, -0.2) is 17.7 Å². The maximum atomic E-state index is 14.1. The van der Waals surface area contributed by atoms with E-state index < -0.39 is 34.0 Å². The van der Waals surface area contributed by atoms with Crippen molar-refractivity contribution < 1.29 is 25.5 Å². The van der Waals surface area contributed by atoms with Gasteiger partial charge in [0.2, 0.25) is 15.9 Å². The first-order chi connectivity index (χ1) is 19.4. The van der Waals surface area contributed by atoms with Gasteiger partial charge in [0.25, 0.3) is 0 Å². The van der Waals surface area contributed by atoms with Gasteiger partial charge in [-0.05, 0) is 55.9 Å². The minimum atomic E-state index is -3.73. The summed E-state index contributed by atoms with van der Waals surface area (Å²) in [6.45, 7) is 2.45. The Morgan fingerprint density at radius 1 is 1.10 bits per heavy atom. The van der Waals surface area contributed by atoms with Crippen molar-refractivity contribution in [3.05, 3.63) is 81.3 Å². The number of nitrogens with zero attached hydrogens (tertiary/aromatic N) is 3. The summed E-state index contributed by atoms with van der Waals surface area (Å²) in [5.74, 6) is -0.843. The number of aryl methyl sites for hydroxylation is 2. The van der Waals surface area contributed by atoms with Crippen molar-refractivity contribution in [3.63, 3.8) is 0 Å². The maximum absolute atomic E-state index is 14.1. The molecular weight excluding hydrogens is 534 g/mol. The van der Waals surface area contributed by atoms with Crippen molar-refractivity contribution in [2.24, 2.45) is 0 Å². The molecule has 0 atom stereocenters. The van der Waals surface area contributed by atoms with Gasteiger partial charge in [0, 0.05) is 25.5 Å². The molecule has 0 bridgehead atoms. The highest BCUT2D eigenvalue weighted by atomic mass is 32.2. The Kier molecular flexibility index (Phi) is 8.03. The van der Waals surface area contributed by atoms with Crippen LogP contribution >= 0.6 is 11.3 Å². The number of amides is 1. The van der Waals surface area contributed by atoms with E-state index in [2.05, 4.69) is 17.1 Å². The van der Waals surface area contributed by atoms with Crippen molar-refractivity contribution in [2.75, 3.05) is 33.5 Å². The molecule has 4 rings (SSSR count). The Morgan fingerprint density at radius 3 is 2.41 bits per heavy atom. The zero-order valence-electron chi connectivity index (χ0n) is 24.4. The normalized spacial score (nSPS) is 15.1. The van der Waals surface area contributed by atoms with Crippen molar-refractivity contribution >= 4 is 33.1 Å². The average molecular weight is 572 g/mol. The van der Waals surface area contributed by atoms with Crippen LogP contribution in [0.1, 0.15) is 53.5 Å². The van der Waals surface area contributed by atoms with Gasteiger partial charge in [0.05, 0.1) is 21.8 Å². The molecule has 0 aliphatic heterocycles. The van der Waals surface area contributed by atoms with Gasteiger partial charge >= 0.3 is 0 Å². The summed E-state index contributed by atoms with van der Waals surface area (Å²) in [5.41, 5.74) is 1.50. The summed E-state index contributed by atoms with van der Waals surface area (Å²) in [4.78, 5) is 33.8. The van der Waals surface area contributed by atoms with E-state index in [1.807, 2.05) is 30.3 Å². The highest BCUT2D eigenvalue weighted by Gasteiger charge is 2.53. The molecule has 39 heavy (non-hydrogen) atoms. The molecular formula is C29H35N3O5S2. The molecule has 0 radical (unpaired) electrons. The highest BCUT2D eigenvalue weighted by Crippen LogP contribution is 2.50. The summed E-state index contributed by atoms with van der Waals surface area (Å²) in [6.07, 6.45) is 2.94. The van der Waals surface area contributed by atoms with E-state index in [0.717, 1.165) is 22.7 Å². The summed E-state index contributed by atoms with van der Waals surface area (Å²) in [5, 5.41) is 0.581. The number of Topliss-reactive ketones (excluding diaryl/α,β-unsaturated/α-hetero) is 1. The third kappa shape index (κ3) is 6.74. The van der Waals surface area contributed by atoms with Crippen LogP contribution in [0.3, 0.4) is 0 Å². The Hall–Kier alpha value is -3.08. The standard InChI is InChI=1S/C29H35N3O5S2/c1-21-27(25(33)20-39(35,36)31(2)3)30-26(38-21)19-32(18-8-11-22-9-6-5-7-10-22)28(34)29(16-17-29)23-12-14-24(37-4)15-13-23/h5-7,9-10,12-15H,8,11,16-20H2,1-4H3/i4D2. The predicted octanol–water partition coefficient (Wildman–Crippen LogP) is 4.23. The molecule has 1 amide bonds. The van der Waals surface area contributed by atoms with Crippen LogP contribution in [0.15, 0.2) is 54.6 Å². The average Bonchev–Trinajstić information content (AvgIpc) is 3.64. The van der Waals surface area contributed by atoms with Gasteiger partial charge in [-0.1, -0.05) is 42.5 Å². The van der Waals surface area contributed by atoms with Crippen LogP contribution < -0.4 is 4.74 Å². The van der Waals surface area contributed by atoms with E-state index in [9.17, 15) is 18.0 Å². The van der Waals surface area contributed by atoms with Crippen LogP contribution in [0.2, 0.25) is 0 Å². The molecule has 10 heteroatoms. The number of benzene rings is 2. The quantitative estimate of drug-likeness (QED) is 0.285. The van der Waals surface area contributed by atoms with Crippen LogP contribution in [0, 0.1) is 6.92 Å². The summed E-state index contributed by atoms with van der Waals surface area (Å²) >= 11 is 1.30. The second-order valence-electron chi connectivity index (χ2n) is 10.0. The van der Waals surface area contributed by atoms with Crippen molar-refractivity contribution in [3.8, 4) is 5.75 Å². The number of aromatic nitrogens is 1. The lowest BCUT2D eigenvalue weighted by molar-refractivity contribution is -0.134. The molecule has 8 nitrogen and oxygen atoms in total. The monoisotopic (exact) mass is 571 g/mol. The third-order valence-electron chi connectivity index (χ3n) is 7.03. The lowest BCUT2D eigenvalue weighted by atomic mass is 9.94. The molecule has 1 aliphatic rings.